The van der Waals surface area contributed by atoms with E-state index in [9.17, 15) is 9.59 Å². The summed E-state index contributed by atoms with van der Waals surface area (Å²) in [5.41, 5.74) is 1.32. The van der Waals surface area contributed by atoms with E-state index in [1.165, 1.54) is 7.11 Å². The van der Waals surface area contributed by atoms with E-state index < -0.39 is 19.9 Å². The molecule has 1 amide bonds. The number of pyridine rings is 1. The van der Waals surface area contributed by atoms with Crippen LogP contribution >= 0.6 is 0 Å². The third-order valence-electron chi connectivity index (χ3n) is 6.31. The average molecular weight is 495 g/mol. The van der Waals surface area contributed by atoms with Crippen LogP contribution in [0.4, 0.5) is 4.79 Å². The summed E-state index contributed by atoms with van der Waals surface area (Å²) in [6, 6.07) is 3.20. The predicted molar refractivity (Wildman–Crippen MR) is 133 cm³/mol. The lowest BCUT2D eigenvalue weighted by molar-refractivity contribution is -0.00560. The highest BCUT2D eigenvalue weighted by Crippen LogP contribution is 2.36. The van der Waals surface area contributed by atoms with E-state index in [2.05, 4.69) is 38.8 Å². The Morgan fingerprint density at radius 3 is 2.38 bits per heavy atom. The first-order valence-corrected chi connectivity index (χ1v) is 14.8. The number of aromatic nitrogens is 1. The second kappa shape index (κ2) is 11.2. The van der Waals surface area contributed by atoms with Gasteiger partial charge in [-0.1, -0.05) is 26.8 Å². The summed E-state index contributed by atoms with van der Waals surface area (Å²) in [4.78, 5) is 31.0. The van der Waals surface area contributed by atoms with Gasteiger partial charge < -0.3 is 18.6 Å². The second-order valence-corrected chi connectivity index (χ2v) is 16.1. The number of carbonyl (C=O) groups is 2. The van der Waals surface area contributed by atoms with Crippen molar-refractivity contribution in [3.8, 4) is 0 Å². The van der Waals surface area contributed by atoms with Crippen molar-refractivity contribution >= 4 is 20.4 Å². The Morgan fingerprint density at radius 1 is 1.12 bits per heavy atom. The summed E-state index contributed by atoms with van der Waals surface area (Å²) in [7, 11) is -0.442. The van der Waals surface area contributed by atoms with Crippen LogP contribution in [-0.4, -0.2) is 68.8 Å². The largest absolute Gasteiger partial charge is 0.464 e. The molecule has 8 nitrogen and oxygen atoms in total. The molecule has 0 radical (unpaired) electrons. The Morgan fingerprint density at radius 2 is 1.79 bits per heavy atom. The van der Waals surface area contributed by atoms with Gasteiger partial charge >= 0.3 is 12.1 Å². The first-order valence-electron chi connectivity index (χ1n) is 11.9. The SMILES string of the molecule is COC(=O)c1ccc2c(n1)CC(COCCCO[Si](C)(C)C(C)(C)C)N(C(=O)OC(C)(C)C)C2. The highest BCUT2D eigenvalue weighted by Gasteiger charge is 2.37. The molecule has 1 atom stereocenters. The zero-order valence-electron chi connectivity index (χ0n) is 22.3. The van der Waals surface area contributed by atoms with Crippen LogP contribution in [0.5, 0.6) is 0 Å². The van der Waals surface area contributed by atoms with Crippen molar-refractivity contribution in [2.75, 3.05) is 26.9 Å². The van der Waals surface area contributed by atoms with Gasteiger partial charge in [0.25, 0.3) is 0 Å². The molecule has 1 aliphatic rings. The van der Waals surface area contributed by atoms with Crippen molar-refractivity contribution in [3.63, 3.8) is 0 Å². The lowest BCUT2D eigenvalue weighted by atomic mass is 9.99. The number of rotatable bonds is 8. The number of carbonyl (C=O) groups excluding carboxylic acids is 2. The summed E-state index contributed by atoms with van der Waals surface area (Å²) in [6.45, 7) is 18.6. The zero-order valence-corrected chi connectivity index (χ0v) is 23.3. The molecule has 0 aromatic carbocycles. The molecule has 1 aliphatic heterocycles. The predicted octanol–water partition coefficient (Wildman–Crippen LogP) is 4.96. The van der Waals surface area contributed by atoms with Crippen LogP contribution < -0.4 is 0 Å². The topological polar surface area (TPSA) is 87.2 Å². The first-order chi connectivity index (χ1) is 15.6. The minimum Gasteiger partial charge on any atom is -0.464 e. The van der Waals surface area contributed by atoms with Crippen molar-refractivity contribution < 1.29 is 28.2 Å². The monoisotopic (exact) mass is 494 g/mol. The van der Waals surface area contributed by atoms with Crippen LogP contribution in [0.15, 0.2) is 12.1 Å². The van der Waals surface area contributed by atoms with Gasteiger partial charge in [-0.25, -0.2) is 14.6 Å². The molecule has 1 aromatic heterocycles. The van der Waals surface area contributed by atoms with Crippen LogP contribution in [-0.2, 0) is 31.6 Å². The van der Waals surface area contributed by atoms with Gasteiger partial charge in [0, 0.05) is 25.3 Å². The van der Waals surface area contributed by atoms with Crippen molar-refractivity contribution in [1.29, 1.82) is 0 Å². The van der Waals surface area contributed by atoms with Gasteiger partial charge in [-0.05, 0) is 57.0 Å². The molecule has 1 aromatic rings. The number of methoxy groups -OCH3 is 1. The zero-order chi connectivity index (χ0) is 25.7. The van der Waals surface area contributed by atoms with Crippen molar-refractivity contribution in [3.05, 3.63) is 29.1 Å². The number of ether oxygens (including phenoxy) is 3. The standard InChI is InChI=1S/C25H42N2O6Si/c1-24(2,3)33-23(29)27-16-18-11-12-20(22(28)30-7)26-21(18)15-19(27)17-31-13-10-14-32-34(8,9)25(4,5)6/h11-12,19H,10,13-17H2,1-9H3. The minimum absolute atomic E-state index is 0.174. The maximum atomic E-state index is 12.9. The number of fused-ring (bicyclic) bond motifs is 1. The minimum atomic E-state index is -1.77. The van der Waals surface area contributed by atoms with E-state index in [0.717, 1.165) is 17.7 Å². The van der Waals surface area contributed by atoms with Gasteiger partial charge in [-0.2, -0.15) is 0 Å². The van der Waals surface area contributed by atoms with Crippen LogP contribution in [0.1, 0.15) is 69.7 Å². The van der Waals surface area contributed by atoms with E-state index >= 15 is 0 Å². The van der Waals surface area contributed by atoms with E-state index in [-0.39, 0.29) is 22.9 Å². The molecule has 0 bridgehead atoms. The number of hydrogen-bond donors (Lipinski definition) is 0. The second-order valence-electron chi connectivity index (χ2n) is 11.3. The normalized spacial score (nSPS) is 16.7. The van der Waals surface area contributed by atoms with Gasteiger partial charge in [0.15, 0.2) is 8.32 Å². The van der Waals surface area contributed by atoms with Gasteiger partial charge in [0.2, 0.25) is 0 Å². The van der Waals surface area contributed by atoms with Gasteiger partial charge in [-0.3, -0.25) is 4.90 Å². The molecule has 2 rings (SSSR count). The summed E-state index contributed by atoms with van der Waals surface area (Å²) < 4.78 is 22.6. The van der Waals surface area contributed by atoms with E-state index in [0.29, 0.717) is 32.8 Å². The van der Waals surface area contributed by atoms with Crippen molar-refractivity contribution in [2.24, 2.45) is 0 Å². The Balaban J connectivity index is 2.03. The summed E-state index contributed by atoms with van der Waals surface area (Å²) in [5, 5.41) is 0.174. The number of amides is 1. The third-order valence-corrected chi connectivity index (χ3v) is 10.9. The molecule has 0 aliphatic carbocycles. The van der Waals surface area contributed by atoms with Crippen LogP contribution in [0, 0.1) is 0 Å². The quantitative estimate of drug-likeness (QED) is 0.287. The number of nitrogens with zero attached hydrogens (tertiary/aromatic N) is 2. The summed E-state index contributed by atoms with van der Waals surface area (Å²) in [5.74, 6) is -0.480. The third kappa shape index (κ3) is 7.78. The lowest BCUT2D eigenvalue weighted by Crippen LogP contribution is -2.49. The molecule has 34 heavy (non-hydrogen) atoms. The number of esters is 1. The molecule has 0 saturated carbocycles. The summed E-state index contributed by atoms with van der Waals surface area (Å²) in [6.07, 6.45) is 0.873. The van der Waals surface area contributed by atoms with Crippen molar-refractivity contribution in [1.82, 2.24) is 9.88 Å². The highest BCUT2D eigenvalue weighted by molar-refractivity contribution is 6.74. The maximum Gasteiger partial charge on any atom is 0.410 e. The fourth-order valence-corrected chi connectivity index (χ4v) is 4.41. The molecular formula is C25H42N2O6Si. The first kappa shape index (κ1) is 28.3. The van der Waals surface area contributed by atoms with E-state index in [4.69, 9.17) is 18.6 Å². The molecule has 2 heterocycles. The molecule has 0 spiro atoms. The molecule has 0 fully saturated rings. The highest BCUT2D eigenvalue weighted by atomic mass is 28.4. The fraction of sp³-hybridized carbons (Fsp3) is 0.720. The lowest BCUT2D eigenvalue weighted by Gasteiger charge is -2.37. The molecule has 9 heteroatoms. The van der Waals surface area contributed by atoms with Crippen molar-refractivity contribution in [2.45, 2.75) is 90.7 Å². The van der Waals surface area contributed by atoms with Crippen LogP contribution in [0.2, 0.25) is 18.1 Å². The van der Waals surface area contributed by atoms with Crippen LogP contribution in [0.25, 0.3) is 0 Å². The van der Waals surface area contributed by atoms with Gasteiger partial charge in [0.1, 0.15) is 11.3 Å². The summed E-state index contributed by atoms with van der Waals surface area (Å²) >= 11 is 0. The molecule has 0 saturated heterocycles. The average Bonchev–Trinajstić information content (AvgIpc) is 2.72. The molecule has 0 N–H and O–H groups in total. The maximum absolute atomic E-state index is 12.9. The van der Waals surface area contributed by atoms with E-state index in [1.54, 1.807) is 11.0 Å². The van der Waals surface area contributed by atoms with E-state index in [1.807, 2.05) is 26.8 Å². The number of hydrogen-bond acceptors (Lipinski definition) is 7. The Hall–Kier alpha value is -1.97. The molecule has 192 valence electrons. The smallest absolute Gasteiger partial charge is 0.410 e. The Labute approximate surface area is 205 Å². The van der Waals surface area contributed by atoms with Gasteiger partial charge in [0.05, 0.1) is 26.3 Å². The van der Waals surface area contributed by atoms with Gasteiger partial charge in [-0.15, -0.1) is 0 Å². The van der Waals surface area contributed by atoms with Crippen LogP contribution in [0.3, 0.4) is 0 Å². The fourth-order valence-electron chi connectivity index (χ4n) is 3.32. The molecular weight excluding hydrogens is 452 g/mol. The Kier molecular flexibility index (Phi) is 9.29. The molecule has 1 unspecified atom stereocenters. The Bertz CT molecular complexity index is 860.